The van der Waals surface area contributed by atoms with Crippen molar-refractivity contribution in [3.05, 3.63) is 29.8 Å². The summed E-state index contributed by atoms with van der Waals surface area (Å²) in [5, 5.41) is 10.2. The molecule has 1 rings (SSSR count). The maximum atomic E-state index is 13.0. The summed E-state index contributed by atoms with van der Waals surface area (Å²) in [7, 11) is 1.52. The van der Waals surface area contributed by atoms with Gasteiger partial charge in [-0.25, -0.2) is 9.59 Å². The van der Waals surface area contributed by atoms with Gasteiger partial charge in [0, 0.05) is 39.2 Å². The summed E-state index contributed by atoms with van der Waals surface area (Å²) < 4.78 is 15.3. The first-order valence-corrected chi connectivity index (χ1v) is 13.6. The molecule has 0 heterocycles. The van der Waals surface area contributed by atoms with E-state index in [0.717, 1.165) is 6.42 Å². The van der Waals surface area contributed by atoms with E-state index in [-0.39, 0.29) is 58.2 Å². The Balaban J connectivity index is 2.63. The van der Waals surface area contributed by atoms with E-state index in [0.29, 0.717) is 24.3 Å². The van der Waals surface area contributed by atoms with Gasteiger partial charge in [-0.05, 0) is 37.0 Å². The van der Waals surface area contributed by atoms with Gasteiger partial charge in [0.25, 0.3) is 0 Å². The number of nitrogens with one attached hydrogen (secondary N) is 4. The third-order valence-corrected chi connectivity index (χ3v) is 5.52. The van der Waals surface area contributed by atoms with Crippen molar-refractivity contribution in [2.45, 2.75) is 52.2 Å². The van der Waals surface area contributed by atoms with Crippen LogP contribution in [0.15, 0.2) is 24.3 Å². The number of nitrogens with zero attached hydrogens (tertiary/aromatic N) is 1. The lowest BCUT2D eigenvalue weighted by Crippen LogP contribution is -2.47. The van der Waals surface area contributed by atoms with E-state index >= 15 is 0 Å². The number of primary amides is 1. The number of hydrogen-bond donors (Lipinski definition) is 5. The highest BCUT2D eigenvalue weighted by atomic mass is 16.6. The number of benzene rings is 1. The van der Waals surface area contributed by atoms with Crippen LogP contribution in [0.3, 0.4) is 0 Å². The molecule has 0 radical (unpaired) electrons. The molecule has 0 fully saturated rings. The van der Waals surface area contributed by atoms with Gasteiger partial charge < -0.3 is 46.1 Å². The predicted octanol–water partition coefficient (Wildman–Crippen LogP) is 0.623. The highest BCUT2D eigenvalue weighted by Crippen LogP contribution is 2.12. The third kappa shape index (κ3) is 16.6. The van der Waals surface area contributed by atoms with Crippen molar-refractivity contribution >= 4 is 41.5 Å². The molecule has 0 bridgehead atoms. The summed E-state index contributed by atoms with van der Waals surface area (Å²) in [5.41, 5.74) is 6.16. The Bertz CT molecular complexity index is 1040. The molecule has 234 valence electrons. The lowest BCUT2D eigenvalue weighted by atomic mass is 10.1. The van der Waals surface area contributed by atoms with Crippen LogP contribution >= 0.6 is 0 Å². The normalized spacial score (nSPS) is 11.0. The molecule has 0 aliphatic heterocycles. The van der Waals surface area contributed by atoms with Gasteiger partial charge in [-0.15, -0.1) is 0 Å². The molecule has 15 nitrogen and oxygen atoms in total. The van der Waals surface area contributed by atoms with E-state index in [9.17, 15) is 28.8 Å². The summed E-state index contributed by atoms with van der Waals surface area (Å²) in [5.74, 6) is -1.86. The van der Waals surface area contributed by atoms with Gasteiger partial charge >= 0.3 is 18.1 Å². The van der Waals surface area contributed by atoms with Gasteiger partial charge in [-0.1, -0.05) is 19.1 Å². The van der Waals surface area contributed by atoms with Crippen molar-refractivity contribution in [3.63, 3.8) is 0 Å². The molecule has 42 heavy (non-hydrogen) atoms. The number of urea groups is 1. The number of carbonyl (C=O) groups excluding carboxylic acids is 6. The fourth-order valence-corrected chi connectivity index (χ4v) is 3.30. The molecule has 0 aliphatic carbocycles. The van der Waals surface area contributed by atoms with Crippen molar-refractivity contribution in [1.29, 1.82) is 0 Å². The molecule has 1 unspecified atom stereocenters. The standard InChI is InChI=1S/C27H42N6O9/c1-4-14-40-15-11-23(35)30-17-24(36)32-22(6-5-12-29-26(28)38)25(37)31-21-9-7-20(8-10-21)18-42-27(39)33(3)13-16-41-19(2)34/h7-10,22H,4-6,11-18H2,1-3H3,(H,30,35)(H,31,37)(H,32,36)(H3,28,29,38). The van der Waals surface area contributed by atoms with Gasteiger partial charge in [0.15, 0.2) is 0 Å². The number of ether oxygens (including phenoxy) is 3. The Kier molecular flexibility index (Phi) is 17.4. The van der Waals surface area contributed by atoms with E-state index in [1.54, 1.807) is 24.3 Å². The van der Waals surface area contributed by atoms with E-state index < -0.39 is 35.9 Å². The van der Waals surface area contributed by atoms with Crippen LogP contribution in [0.2, 0.25) is 0 Å². The van der Waals surface area contributed by atoms with Crippen LogP contribution in [0.1, 0.15) is 45.1 Å². The molecular formula is C27H42N6O9. The van der Waals surface area contributed by atoms with E-state index in [1.807, 2.05) is 6.92 Å². The predicted molar refractivity (Wildman–Crippen MR) is 152 cm³/mol. The van der Waals surface area contributed by atoms with Gasteiger partial charge in [-0.3, -0.25) is 19.2 Å². The van der Waals surface area contributed by atoms with Crippen LogP contribution in [0.25, 0.3) is 0 Å². The maximum Gasteiger partial charge on any atom is 0.409 e. The molecule has 15 heteroatoms. The summed E-state index contributed by atoms with van der Waals surface area (Å²) >= 11 is 0. The summed E-state index contributed by atoms with van der Waals surface area (Å²) in [6.45, 7) is 4.12. The minimum Gasteiger partial charge on any atom is -0.464 e. The van der Waals surface area contributed by atoms with E-state index in [4.69, 9.17) is 19.9 Å². The molecule has 6 amide bonds. The highest BCUT2D eigenvalue weighted by molar-refractivity contribution is 5.97. The first-order valence-electron chi connectivity index (χ1n) is 13.6. The lowest BCUT2D eigenvalue weighted by molar-refractivity contribution is -0.141. The van der Waals surface area contributed by atoms with Crippen molar-refractivity contribution < 1.29 is 43.0 Å². The number of amides is 6. The average molecular weight is 595 g/mol. The molecule has 0 spiro atoms. The first kappa shape index (κ1) is 35.6. The Labute approximate surface area is 245 Å². The minimum absolute atomic E-state index is 0.0209. The van der Waals surface area contributed by atoms with Gasteiger partial charge in [0.1, 0.15) is 19.3 Å². The number of carbonyl (C=O) groups is 6. The fourth-order valence-electron chi connectivity index (χ4n) is 3.30. The second-order valence-electron chi connectivity index (χ2n) is 9.19. The van der Waals surface area contributed by atoms with Crippen LogP contribution in [0.5, 0.6) is 0 Å². The quantitative estimate of drug-likeness (QED) is 0.112. The fraction of sp³-hybridized carbons (Fsp3) is 0.556. The zero-order valence-electron chi connectivity index (χ0n) is 24.4. The number of nitrogens with two attached hydrogens (primary N) is 1. The van der Waals surface area contributed by atoms with Crippen LogP contribution in [-0.2, 0) is 40.0 Å². The molecule has 1 aromatic rings. The number of esters is 1. The zero-order valence-corrected chi connectivity index (χ0v) is 24.4. The van der Waals surface area contributed by atoms with Crippen molar-refractivity contribution in [1.82, 2.24) is 20.9 Å². The summed E-state index contributed by atoms with van der Waals surface area (Å²) in [6, 6.07) is 4.88. The van der Waals surface area contributed by atoms with E-state index in [2.05, 4.69) is 21.3 Å². The van der Waals surface area contributed by atoms with E-state index in [1.165, 1.54) is 18.9 Å². The number of hydrogen-bond acceptors (Lipinski definition) is 9. The first-order chi connectivity index (χ1) is 20.0. The summed E-state index contributed by atoms with van der Waals surface area (Å²) in [4.78, 5) is 72.4. The number of rotatable bonds is 19. The number of anilines is 1. The molecule has 1 atom stereocenters. The molecule has 6 N–H and O–H groups in total. The molecule has 1 aromatic carbocycles. The Morgan fingerprint density at radius 2 is 1.67 bits per heavy atom. The molecule has 0 saturated heterocycles. The zero-order chi connectivity index (χ0) is 31.3. The third-order valence-electron chi connectivity index (χ3n) is 5.52. The average Bonchev–Trinajstić information content (AvgIpc) is 2.94. The maximum absolute atomic E-state index is 13.0. The molecule has 0 aliphatic rings. The molecular weight excluding hydrogens is 552 g/mol. The Morgan fingerprint density at radius 3 is 2.31 bits per heavy atom. The minimum atomic E-state index is -0.958. The van der Waals surface area contributed by atoms with Crippen molar-refractivity contribution in [3.8, 4) is 0 Å². The van der Waals surface area contributed by atoms with Gasteiger partial charge in [-0.2, -0.15) is 0 Å². The Morgan fingerprint density at radius 1 is 0.952 bits per heavy atom. The second-order valence-corrected chi connectivity index (χ2v) is 9.19. The van der Waals surface area contributed by atoms with Gasteiger partial charge in [0.05, 0.1) is 19.7 Å². The van der Waals surface area contributed by atoms with Crippen LogP contribution in [-0.4, -0.2) is 93.3 Å². The molecule has 0 saturated carbocycles. The topological polar surface area (TPSA) is 207 Å². The van der Waals surface area contributed by atoms with Crippen LogP contribution in [0, 0.1) is 0 Å². The van der Waals surface area contributed by atoms with Crippen LogP contribution < -0.4 is 27.0 Å². The van der Waals surface area contributed by atoms with Gasteiger partial charge in [0.2, 0.25) is 17.7 Å². The smallest absolute Gasteiger partial charge is 0.409 e. The Hall–Kier alpha value is -4.40. The van der Waals surface area contributed by atoms with Crippen LogP contribution in [0.4, 0.5) is 15.3 Å². The second kappa shape index (κ2) is 20.5. The lowest BCUT2D eigenvalue weighted by Gasteiger charge is -2.19. The number of likely N-dealkylation sites (N-methyl/N-ethyl adjacent to an activating group) is 1. The van der Waals surface area contributed by atoms with Crippen molar-refractivity contribution in [2.75, 3.05) is 51.8 Å². The molecule has 0 aromatic heterocycles. The van der Waals surface area contributed by atoms with Crippen molar-refractivity contribution in [2.24, 2.45) is 5.73 Å². The SMILES string of the molecule is CCCOCCC(=O)NCC(=O)NC(CCCNC(N)=O)C(=O)Nc1ccc(COC(=O)N(C)CCOC(C)=O)cc1. The highest BCUT2D eigenvalue weighted by Gasteiger charge is 2.21. The monoisotopic (exact) mass is 594 g/mol. The summed E-state index contributed by atoms with van der Waals surface area (Å²) in [6.07, 6.45) is 0.890. The largest absolute Gasteiger partial charge is 0.464 e.